The molecule has 1 saturated heterocycles. The minimum Gasteiger partial charge on any atom is -0.493 e. The molecule has 2 heterocycles. The lowest BCUT2D eigenvalue weighted by Crippen LogP contribution is -2.45. The molecule has 0 bridgehead atoms. The van der Waals surface area contributed by atoms with E-state index >= 15 is 0 Å². The van der Waals surface area contributed by atoms with Crippen LogP contribution in [0.3, 0.4) is 0 Å². The van der Waals surface area contributed by atoms with Gasteiger partial charge >= 0.3 is 0 Å². The van der Waals surface area contributed by atoms with E-state index in [1.807, 2.05) is 25.1 Å². The number of benzene rings is 1. The van der Waals surface area contributed by atoms with Gasteiger partial charge in [-0.3, -0.25) is 9.59 Å². The summed E-state index contributed by atoms with van der Waals surface area (Å²) in [5, 5.41) is 3.08. The first-order chi connectivity index (χ1) is 13.6. The summed E-state index contributed by atoms with van der Waals surface area (Å²) < 4.78 is 16.4. The summed E-state index contributed by atoms with van der Waals surface area (Å²) in [6.45, 7) is 4.93. The first-order valence-corrected chi connectivity index (χ1v) is 10.0. The van der Waals surface area contributed by atoms with Crippen LogP contribution in [-0.4, -0.2) is 63.3 Å². The van der Waals surface area contributed by atoms with E-state index < -0.39 is 0 Å². The molecular weight excluding hydrogens is 360 g/mol. The zero-order chi connectivity index (χ0) is 19.9. The van der Waals surface area contributed by atoms with Crippen LogP contribution in [-0.2, 0) is 20.7 Å². The van der Waals surface area contributed by atoms with Gasteiger partial charge in [-0.25, -0.2) is 0 Å². The van der Waals surface area contributed by atoms with Crippen molar-refractivity contribution < 1.29 is 23.8 Å². The molecule has 0 unspecified atom stereocenters. The van der Waals surface area contributed by atoms with E-state index in [0.717, 1.165) is 23.5 Å². The smallest absolute Gasteiger partial charge is 0.248 e. The average Bonchev–Trinajstić information content (AvgIpc) is 2.75. The number of hydrogen-bond acceptors (Lipinski definition) is 5. The molecule has 1 fully saturated rings. The van der Waals surface area contributed by atoms with Crippen LogP contribution >= 0.6 is 0 Å². The summed E-state index contributed by atoms with van der Waals surface area (Å²) in [6.07, 6.45) is 2.26. The number of nitrogens with one attached hydrogen (secondary N) is 1. The van der Waals surface area contributed by atoms with Crippen molar-refractivity contribution in [3.8, 4) is 11.5 Å². The van der Waals surface area contributed by atoms with Crippen molar-refractivity contribution in [1.29, 1.82) is 0 Å². The lowest BCUT2D eigenvalue weighted by molar-refractivity contribution is -0.139. The molecule has 0 saturated carbocycles. The molecule has 1 aromatic rings. The molecule has 7 heteroatoms. The van der Waals surface area contributed by atoms with Crippen molar-refractivity contribution in [1.82, 2.24) is 10.2 Å². The van der Waals surface area contributed by atoms with Crippen molar-refractivity contribution in [2.24, 2.45) is 11.8 Å². The molecule has 2 aliphatic rings. The van der Waals surface area contributed by atoms with Crippen LogP contribution in [0.4, 0.5) is 0 Å². The number of fused-ring (bicyclic) bond motifs is 1. The predicted molar refractivity (Wildman–Crippen MR) is 104 cm³/mol. The fourth-order valence-electron chi connectivity index (χ4n) is 3.81. The number of likely N-dealkylation sites (tertiary alicyclic amines) is 1. The molecule has 28 heavy (non-hydrogen) atoms. The Labute approximate surface area is 166 Å². The third-order valence-electron chi connectivity index (χ3n) is 5.47. The van der Waals surface area contributed by atoms with E-state index in [0.29, 0.717) is 45.7 Å². The van der Waals surface area contributed by atoms with Crippen molar-refractivity contribution in [3.05, 3.63) is 23.8 Å². The number of amides is 2. The van der Waals surface area contributed by atoms with E-state index in [1.165, 1.54) is 0 Å². The van der Waals surface area contributed by atoms with E-state index in [9.17, 15) is 9.59 Å². The first-order valence-electron chi connectivity index (χ1n) is 10.0. The fourth-order valence-corrected chi connectivity index (χ4v) is 3.81. The monoisotopic (exact) mass is 390 g/mol. The normalized spacial score (nSPS) is 19.5. The maximum Gasteiger partial charge on any atom is 0.248 e. The Morgan fingerprint density at radius 2 is 2.07 bits per heavy atom. The Kier molecular flexibility index (Phi) is 7.14. The summed E-state index contributed by atoms with van der Waals surface area (Å²) in [4.78, 5) is 26.3. The number of piperidine rings is 1. The second-order valence-corrected chi connectivity index (χ2v) is 7.37. The topological polar surface area (TPSA) is 77.1 Å². The van der Waals surface area contributed by atoms with Crippen LogP contribution in [0.2, 0.25) is 0 Å². The Bertz CT molecular complexity index is 685. The number of nitrogens with zero attached hydrogens (tertiary/aromatic N) is 1. The van der Waals surface area contributed by atoms with Gasteiger partial charge in [0.2, 0.25) is 11.8 Å². The molecule has 7 nitrogen and oxygen atoms in total. The van der Waals surface area contributed by atoms with Gasteiger partial charge in [0.05, 0.1) is 13.7 Å². The van der Waals surface area contributed by atoms with Gasteiger partial charge in [0.25, 0.3) is 0 Å². The molecular formula is C21H30N2O5. The molecule has 2 amide bonds. The highest BCUT2D eigenvalue weighted by Crippen LogP contribution is 2.35. The van der Waals surface area contributed by atoms with Gasteiger partial charge in [-0.15, -0.1) is 0 Å². The van der Waals surface area contributed by atoms with Crippen LogP contribution < -0.4 is 14.8 Å². The highest BCUT2D eigenvalue weighted by atomic mass is 16.5. The lowest BCUT2D eigenvalue weighted by atomic mass is 9.94. The second-order valence-electron chi connectivity index (χ2n) is 7.37. The molecule has 0 aromatic heterocycles. The first kappa shape index (κ1) is 20.5. The summed E-state index contributed by atoms with van der Waals surface area (Å²) in [5.74, 6) is 1.87. The Morgan fingerprint density at radius 3 is 2.79 bits per heavy atom. The summed E-state index contributed by atoms with van der Waals surface area (Å²) in [6, 6.07) is 5.90. The van der Waals surface area contributed by atoms with Gasteiger partial charge < -0.3 is 24.4 Å². The minimum atomic E-state index is -0.0342. The molecule has 0 spiro atoms. The molecule has 0 aliphatic carbocycles. The minimum absolute atomic E-state index is 0.00848. The van der Waals surface area contributed by atoms with Crippen LogP contribution in [0.25, 0.3) is 0 Å². The molecule has 3 rings (SSSR count). The van der Waals surface area contributed by atoms with Crippen LogP contribution in [0.15, 0.2) is 18.2 Å². The third kappa shape index (κ3) is 4.95. The van der Waals surface area contributed by atoms with E-state index in [4.69, 9.17) is 14.2 Å². The molecule has 1 atom stereocenters. The predicted octanol–water partition coefficient (Wildman–Crippen LogP) is 1.64. The van der Waals surface area contributed by atoms with Crippen molar-refractivity contribution in [2.75, 3.05) is 46.6 Å². The summed E-state index contributed by atoms with van der Waals surface area (Å²) in [7, 11) is 1.64. The van der Waals surface area contributed by atoms with Gasteiger partial charge in [-0.05, 0) is 37.8 Å². The largest absolute Gasteiger partial charge is 0.493 e. The van der Waals surface area contributed by atoms with Gasteiger partial charge in [0.1, 0.15) is 6.61 Å². The third-order valence-corrected chi connectivity index (χ3v) is 5.47. The summed E-state index contributed by atoms with van der Waals surface area (Å²) in [5.41, 5.74) is 1.12. The van der Waals surface area contributed by atoms with Gasteiger partial charge in [-0.1, -0.05) is 12.1 Å². The van der Waals surface area contributed by atoms with Crippen LogP contribution in [0.1, 0.15) is 25.3 Å². The maximum absolute atomic E-state index is 12.5. The average molecular weight is 390 g/mol. The van der Waals surface area contributed by atoms with E-state index in [-0.39, 0.29) is 30.3 Å². The zero-order valence-electron chi connectivity index (χ0n) is 16.7. The number of ether oxygens (including phenoxy) is 3. The number of carbonyl (C=O) groups is 2. The SMILES string of the molecule is CCOCC(=O)N1CCC(C(=O)NC[C@H]2COc3c(cccc3OC)C2)CC1. The molecule has 154 valence electrons. The van der Waals surface area contributed by atoms with Crippen LogP contribution in [0.5, 0.6) is 11.5 Å². The van der Waals surface area contributed by atoms with Gasteiger partial charge in [0, 0.05) is 38.1 Å². The quantitative estimate of drug-likeness (QED) is 0.766. The van der Waals surface area contributed by atoms with Crippen molar-refractivity contribution in [2.45, 2.75) is 26.2 Å². The van der Waals surface area contributed by atoms with Gasteiger partial charge in [0.15, 0.2) is 11.5 Å². The fraction of sp³-hybridized carbons (Fsp3) is 0.619. The van der Waals surface area contributed by atoms with Crippen molar-refractivity contribution >= 4 is 11.8 Å². The van der Waals surface area contributed by atoms with E-state index in [1.54, 1.807) is 12.0 Å². The zero-order valence-corrected chi connectivity index (χ0v) is 16.7. The van der Waals surface area contributed by atoms with E-state index in [2.05, 4.69) is 5.32 Å². The summed E-state index contributed by atoms with van der Waals surface area (Å²) >= 11 is 0. The Balaban J connectivity index is 1.42. The number of para-hydroxylation sites is 1. The molecule has 1 N–H and O–H groups in total. The number of carbonyl (C=O) groups excluding carboxylic acids is 2. The number of rotatable bonds is 7. The lowest BCUT2D eigenvalue weighted by Gasteiger charge is -2.32. The second kappa shape index (κ2) is 9.78. The molecule has 2 aliphatic heterocycles. The Hall–Kier alpha value is -2.28. The molecule has 0 radical (unpaired) electrons. The highest BCUT2D eigenvalue weighted by Gasteiger charge is 2.28. The van der Waals surface area contributed by atoms with Gasteiger partial charge in [-0.2, -0.15) is 0 Å². The maximum atomic E-state index is 12.5. The number of hydrogen-bond donors (Lipinski definition) is 1. The van der Waals surface area contributed by atoms with Crippen molar-refractivity contribution in [3.63, 3.8) is 0 Å². The van der Waals surface area contributed by atoms with Crippen LogP contribution in [0, 0.1) is 11.8 Å². The standard InChI is InChI=1S/C21H30N2O5/c1-3-27-14-19(24)23-9-7-16(8-10-23)21(25)22-12-15-11-17-5-4-6-18(26-2)20(17)28-13-15/h4-6,15-16H,3,7-14H2,1-2H3,(H,22,25)/t15-/m0/s1. The Morgan fingerprint density at radius 1 is 1.29 bits per heavy atom. The highest BCUT2D eigenvalue weighted by molar-refractivity contribution is 5.80. The number of methoxy groups -OCH3 is 1. The molecule has 1 aromatic carbocycles.